The third-order valence-electron chi connectivity index (χ3n) is 8.07. The maximum Gasteiger partial charge on any atom is 0.259 e. The van der Waals surface area contributed by atoms with E-state index in [-0.39, 0.29) is 23.5 Å². The van der Waals surface area contributed by atoms with Crippen molar-refractivity contribution in [2.45, 2.75) is 57.3 Å². The molecular formula is C24H29N3O3S. The molecule has 6 atom stereocenters. The van der Waals surface area contributed by atoms with Gasteiger partial charge in [-0.15, -0.1) is 0 Å². The van der Waals surface area contributed by atoms with Crippen LogP contribution in [0.4, 0.5) is 0 Å². The van der Waals surface area contributed by atoms with Crippen LogP contribution in [0.2, 0.25) is 0 Å². The van der Waals surface area contributed by atoms with Crippen LogP contribution in [-0.4, -0.2) is 48.4 Å². The lowest BCUT2D eigenvalue weighted by Crippen LogP contribution is -2.59. The number of hydrogen-bond acceptors (Lipinski definition) is 5. The van der Waals surface area contributed by atoms with E-state index in [9.17, 15) is 10.1 Å². The molecule has 1 amide bonds. The summed E-state index contributed by atoms with van der Waals surface area (Å²) in [5.74, 6) is 0.627. The van der Waals surface area contributed by atoms with Crippen molar-refractivity contribution in [3.05, 3.63) is 34.9 Å². The SMILES string of the molecule is CO[C@H]1[C@H](C)C[C@@]2(Cc3ccc(C#N)cc3[C@]23NC(=S)N(CC2CCO2)C3=O)C[C@@H]1C. The van der Waals surface area contributed by atoms with E-state index in [4.69, 9.17) is 21.7 Å². The molecule has 2 spiro atoms. The minimum atomic E-state index is -0.933. The van der Waals surface area contributed by atoms with Crippen molar-refractivity contribution < 1.29 is 14.3 Å². The second kappa shape index (κ2) is 7.26. The van der Waals surface area contributed by atoms with Crippen LogP contribution in [0.25, 0.3) is 0 Å². The summed E-state index contributed by atoms with van der Waals surface area (Å²) in [6.07, 6.45) is 3.69. The molecule has 5 rings (SSSR count). The fraction of sp³-hybridized carbons (Fsp3) is 0.625. The molecule has 3 fully saturated rings. The van der Waals surface area contributed by atoms with Gasteiger partial charge in [0.25, 0.3) is 5.91 Å². The van der Waals surface area contributed by atoms with Gasteiger partial charge in [0.15, 0.2) is 10.7 Å². The Bertz CT molecular complexity index is 973. The number of benzene rings is 1. The summed E-state index contributed by atoms with van der Waals surface area (Å²) in [5, 5.41) is 13.6. The van der Waals surface area contributed by atoms with Crippen molar-refractivity contribution in [3.63, 3.8) is 0 Å². The Hall–Kier alpha value is -2.01. The first-order valence-corrected chi connectivity index (χ1v) is 11.6. The van der Waals surface area contributed by atoms with Gasteiger partial charge in [0.1, 0.15) is 0 Å². The predicted octanol–water partition coefficient (Wildman–Crippen LogP) is 2.88. The molecular weight excluding hydrogens is 410 g/mol. The second-order valence-electron chi connectivity index (χ2n) is 9.88. The molecule has 164 valence electrons. The minimum absolute atomic E-state index is 0.0112. The maximum absolute atomic E-state index is 14.2. The standard InChI is InChI=1S/C24H29N3O3S/c1-14-9-23(10-15(2)20(14)29-3)11-17-5-4-16(12-25)8-19(17)24(23)21(28)27(22(31)26-24)13-18-6-7-30-18/h4-5,8,14-15,18,20H,6-7,9-11,13H2,1-3H3,(H,26,31)/t14-,15+,18?,20+,23+,24-/m1/s1. The van der Waals surface area contributed by atoms with E-state index in [1.54, 1.807) is 12.0 Å². The number of nitrogens with one attached hydrogen (secondary N) is 1. The number of fused-ring (bicyclic) bond motifs is 3. The fourth-order valence-corrected chi connectivity index (χ4v) is 7.18. The Morgan fingerprint density at radius 3 is 2.65 bits per heavy atom. The molecule has 2 aliphatic heterocycles. The minimum Gasteiger partial charge on any atom is -0.381 e. The molecule has 1 N–H and O–H groups in total. The van der Waals surface area contributed by atoms with E-state index in [1.165, 1.54) is 0 Å². The summed E-state index contributed by atoms with van der Waals surface area (Å²) in [5.41, 5.74) is 1.39. The molecule has 7 heteroatoms. The van der Waals surface area contributed by atoms with E-state index in [0.717, 1.165) is 43.4 Å². The Balaban J connectivity index is 1.63. The summed E-state index contributed by atoms with van der Waals surface area (Å²) in [6.45, 7) is 5.67. The number of ether oxygens (including phenoxy) is 2. The van der Waals surface area contributed by atoms with Crippen LogP contribution in [0.1, 0.15) is 49.8 Å². The van der Waals surface area contributed by atoms with Crippen LogP contribution in [0.3, 0.4) is 0 Å². The summed E-state index contributed by atoms with van der Waals surface area (Å²) in [6, 6.07) is 8.04. The van der Waals surface area contributed by atoms with E-state index in [2.05, 4.69) is 25.2 Å². The number of thiocarbonyl (C=S) groups is 1. The van der Waals surface area contributed by atoms with Gasteiger partial charge in [-0.25, -0.2) is 0 Å². The Morgan fingerprint density at radius 1 is 1.35 bits per heavy atom. The van der Waals surface area contributed by atoms with Crippen LogP contribution in [-0.2, 0) is 26.2 Å². The number of methoxy groups -OCH3 is 1. The molecule has 2 heterocycles. The van der Waals surface area contributed by atoms with Gasteiger partial charge in [-0.2, -0.15) is 5.26 Å². The average molecular weight is 440 g/mol. The van der Waals surface area contributed by atoms with E-state index < -0.39 is 5.54 Å². The van der Waals surface area contributed by atoms with Crippen molar-refractivity contribution in [2.24, 2.45) is 17.3 Å². The van der Waals surface area contributed by atoms with E-state index >= 15 is 0 Å². The zero-order valence-corrected chi connectivity index (χ0v) is 19.1. The normalized spacial score (nSPS) is 38.8. The first-order valence-electron chi connectivity index (χ1n) is 11.2. The van der Waals surface area contributed by atoms with Crippen molar-refractivity contribution in [1.82, 2.24) is 10.2 Å². The van der Waals surface area contributed by atoms with Crippen LogP contribution < -0.4 is 5.32 Å². The lowest BCUT2D eigenvalue weighted by Gasteiger charge is -2.51. The van der Waals surface area contributed by atoms with Gasteiger partial charge in [-0.3, -0.25) is 9.69 Å². The molecule has 6 nitrogen and oxygen atoms in total. The molecule has 1 unspecified atom stereocenters. The van der Waals surface area contributed by atoms with Crippen molar-refractivity contribution in [1.29, 1.82) is 5.26 Å². The highest BCUT2D eigenvalue weighted by molar-refractivity contribution is 7.80. The van der Waals surface area contributed by atoms with Crippen molar-refractivity contribution >= 4 is 23.2 Å². The quantitative estimate of drug-likeness (QED) is 0.730. The summed E-state index contributed by atoms with van der Waals surface area (Å²) in [4.78, 5) is 15.9. The largest absolute Gasteiger partial charge is 0.381 e. The molecule has 0 aromatic heterocycles. The lowest BCUT2D eigenvalue weighted by molar-refractivity contribution is -0.145. The Morgan fingerprint density at radius 2 is 2.06 bits per heavy atom. The highest BCUT2D eigenvalue weighted by Crippen LogP contribution is 2.62. The zero-order valence-electron chi connectivity index (χ0n) is 18.3. The monoisotopic (exact) mass is 439 g/mol. The van der Waals surface area contributed by atoms with Gasteiger partial charge < -0.3 is 14.8 Å². The molecule has 2 aliphatic carbocycles. The first kappa shape index (κ1) is 20.9. The van der Waals surface area contributed by atoms with E-state index in [1.807, 2.05) is 18.2 Å². The maximum atomic E-state index is 14.2. The molecule has 0 radical (unpaired) electrons. The highest BCUT2D eigenvalue weighted by atomic mass is 32.1. The molecule has 2 saturated heterocycles. The third-order valence-corrected chi connectivity index (χ3v) is 8.39. The summed E-state index contributed by atoms with van der Waals surface area (Å²) in [7, 11) is 1.78. The highest BCUT2D eigenvalue weighted by Gasteiger charge is 2.68. The fourth-order valence-electron chi connectivity index (χ4n) is 6.87. The van der Waals surface area contributed by atoms with Crippen molar-refractivity contribution in [2.75, 3.05) is 20.3 Å². The van der Waals surface area contributed by atoms with Gasteiger partial charge in [0.05, 0.1) is 30.4 Å². The number of amides is 1. The summed E-state index contributed by atoms with van der Waals surface area (Å²) < 4.78 is 11.4. The predicted molar refractivity (Wildman–Crippen MR) is 119 cm³/mol. The molecule has 31 heavy (non-hydrogen) atoms. The van der Waals surface area contributed by atoms with Gasteiger partial charge in [-0.05, 0) is 73.0 Å². The average Bonchev–Trinajstić information content (AvgIpc) is 3.10. The first-order chi connectivity index (χ1) is 14.8. The molecule has 0 bridgehead atoms. The van der Waals surface area contributed by atoms with Crippen molar-refractivity contribution in [3.8, 4) is 6.07 Å². The Kier molecular flexibility index (Phi) is 4.89. The number of nitriles is 1. The van der Waals surface area contributed by atoms with Crippen LogP contribution in [0.5, 0.6) is 0 Å². The van der Waals surface area contributed by atoms with Crippen LogP contribution in [0, 0.1) is 28.6 Å². The molecule has 1 aromatic carbocycles. The number of rotatable bonds is 3. The third kappa shape index (κ3) is 2.81. The molecule has 1 saturated carbocycles. The van der Waals surface area contributed by atoms with Crippen LogP contribution >= 0.6 is 12.2 Å². The number of carbonyl (C=O) groups is 1. The van der Waals surface area contributed by atoms with Gasteiger partial charge in [-0.1, -0.05) is 19.9 Å². The lowest BCUT2D eigenvalue weighted by atomic mass is 9.56. The van der Waals surface area contributed by atoms with Gasteiger partial charge in [0.2, 0.25) is 0 Å². The summed E-state index contributed by atoms with van der Waals surface area (Å²) >= 11 is 5.71. The smallest absolute Gasteiger partial charge is 0.259 e. The molecule has 4 aliphatic rings. The van der Waals surface area contributed by atoms with Gasteiger partial charge in [0, 0.05) is 19.1 Å². The van der Waals surface area contributed by atoms with Crippen LogP contribution in [0.15, 0.2) is 18.2 Å². The number of carbonyl (C=O) groups excluding carboxylic acids is 1. The number of nitrogens with zero attached hydrogens (tertiary/aromatic N) is 2. The zero-order chi connectivity index (χ0) is 22.0. The van der Waals surface area contributed by atoms with E-state index in [0.29, 0.717) is 29.1 Å². The number of hydrogen-bond donors (Lipinski definition) is 1. The van der Waals surface area contributed by atoms with Gasteiger partial charge >= 0.3 is 0 Å². The second-order valence-corrected chi connectivity index (χ2v) is 10.3. The topological polar surface area (TPSA) is 74.6 Å². The molecule has 1 aromatic rings. The Labute approximate surface area is 188 Å².